The number of β-amino-alcohol motifs (C(OH)–C–C–N with tert-alkyl or cyclic N) is 1. The first kappa shape index (κ1) is 11.4. The van der Waals surface area contributed by atoms with Crippen LogP contribution in [0.3, 0.4) is 0 Å². The highest BCUT2D eigenvalue weighted by Gasteiger charge is 2.32. The molecule has 4 heteroatoms. The van der Waals surface area contributed by atoms with Crippen LogP contribution in [0.2, 0.25) is 0 Å². The maximum atomic E-state index is 10.3. The number of aliphatic hydroxyl groups is 1. The normalized spacial score (nSPS) is 24.7. The highest BCUT2D eigenvalue weighted by molar-refractivity contribution is 5.46. The lowest BCUT2D eigenvalue weighted by Crippen LogP contribution is -2.34. The van der Waals surface area contributed by atoms with Gasteiger partial charge in [0.25, 0.3) is 0 Å². The Labute approximate surface area is 96.3 Å². The van der Waals surface area contributed by atoms with E-state index < -0.39 is 5.60 Å². The summed E-state index contributed by atoms with van der Waals surface area (Å²) in [4.78, 5) is 6.33. The molecule has 0 spiro atoms. The molecule has 1 aliphatic heterocycles. The Morgan fingerprint density at radius 2 is 2.38 bits per heavy atom. The molecular weight excluding hydrogens is 202 g/mol. The zero-order valence-electron chi connectivity index (χ0n) is 9.90. The van der Waals surface area contributed by atoms with Crippen LogP contribution in [-0.2, 0) is 6.42 Å². The number of rotatable bonds is 3. The highest BCUT2D eigenvalue weighted by Crippen LogP contribution is 2.24. The van der Waals surface area contributed by atoms with E-state index in [0.717, 1.165) is 24.3 Å². The van der Waals surface area contributed by atoms with Crippen molar-refractivity contribution in [2.75, 3.05) is 32.1 Å². The van der Waals surface area contributed by atoms with E-state index in [1.807, 2.05) is 31.1 Å². The largest absolute Gasteiger partial charge is 0.388 e. The van der Waals surface area contributed by atoms with Gasteiger partial charge in [-0.1, -0.05) is 6.07 Å². The van der Waals surface area contributed by atoms with E-state index in [0.29, 0.717) is 13.0 Å². The van der Waals surface area contributed by atoms with Gasteiger partial charge >= 0.3 is 0 Å². The van der Waals surface area contributed by atoms with Crippen molar-refractivity contribution in [3.8, 4) is 0 Å². The molecule has 1 saturated heterocycles. The average molecular weight is 221 g/mol. The molecule has 88 valence electrons. The minimum Gasteiger partial charge on any atom is -0.388 e. The fourth-order valence-electron chi connectivity index (χ4n) is 2.21. The predicted molar refractivity (Wildman–Crippen MR) is 64.7 cm³/mol. The lowest BCUT2D eigenvalue weighted by molar-refractivity contribution is 0.0619. The summed E-state index contributed by atoms with van der Waals surface area (Å²) in [5, 5.41) is 13.5. The van der Waals surface area contributed by atoms with E-state index in [9.17, 15) is 5.11 Å². The van der Waals surface area contributed by atoms with Gasteiger partial charge in [0.1, 0.15) is 5.82 Å². The standard InChI is InChI=1S/C12H19N3O/c1-15(2)11-10(4-3-6-14-11)8-12(16)5-7-13-9-12/h3-4,6,13,16H,5,7-9H2,1-2H3. The quantitative estimate of drug-likeness (QED) is 0.776. The molecule has 0 radical (unpaired) electrons. The van der Waals surface area contributed by atoms with Gasteiger partial charge in [-0.05, 0) is 24.6 Å². The van der Waals surface area contributed by atoms with E-state index in [1.54, 1.807) is 6.20 Å². The van der Waals surface area contributed by atoms with Gasteiger partial charge in [-0.3, -0.25) is 0 Å². The third kappa shape index (κ3) is 2.33. The Balaban J connectivity index is 2.20. The van der Waals surface area contributed by atoms with Crippen LogP contribution >= 0.6 is 0 Å². The van der Waals surface area contributed by atoms with Crippen molar-refractivity contribution in [1.29, 1.82) is 0 Å². The smallest absolute Gasteiger partial charge is 0.131 e. The minimum atomic E-state index is -0.603. The van der Waals surface area contributed by atoms with Crippen molar-refractivity contribution in [2.24, 2.45) is 0 Å². The van der Waals surface area contributed by atoms with E-state index in [1.165, 1.54) is 0 Å². The summed E-state index contributed by atoms with van der Waals surface area (Å²) in [6.07, 6.45) is 3.27. The molecule has 0 saturated carbocycles. The number of aromatic nitrogens is 1. The van der Waals surface area contributed by atoms with E-state index in [4.69, 9.17) is 0 Å². The van der Waals surface area contributed by atoms with Crippen molar-refractivity contribution in [1.82, 2.24) is 10.3 Å². The van der Waals surface area contributed by atoms with Crippen LogP contribution in [-0.4, -0.2) is 42.9 Å². The van der Waals surface area contributed by atoms with Gasteiger partial charge in [-0.25, -0.2) is 4.98 Å². The maximum Gasteiger partial charge on any atom is 0.131 e. The van der Waals surface area contributed by atoms with Crippen LogP contribution in [0.1, 0.15) is 12.0 Å². The molecule has 1 atom stereocenters. The first-order valence-corrected chi connectivity index (χ1v) is 5.65. The maximum absolute atomic E-state index is 10.3. The van der Waals surface area contributed by atoms with Crippen LogP contribution in [0, 0.1) is 0 Å². The van der Waals surface area contributed by atoms with Crippen LogP contribution in [0.25, 0.3) is 0 Å². The first-order chi connectivity index (χ1) is 7.61. The molecule has 0 amide bonds. The predicted octanol–water partition coefficient (Wildman–Crippen LogP) is 0.414. The van der Waals surface area contributed by atoms with Gasteiger partial charge in [0, 0.05) is 33.3 Å². The molecule has 0 bridgehead atoms. The van der Waals surface area contributed by atoms with Crippen LogP contribution in [0.4, 0.5) is 5.82 Å². The van der Waals surface area contributed by atoms with Crippen molar-refractivity contribution < 1.29 is 5.11 Å². The lowest BCUT2D eigenvalue weighted by atomic mass is 9.94. The number of hydrogen-bond acceptors (Lipinski definition) is 4. The van der Waals surface area contributed by atoms with Crippen LogP contribution in [0.15, 0.2) is 18.3 Å². The molecule has 0 aromatic carbocycles. The van der Waals surface area contributed by atoms with Crippen molar-refractivity contribution >= 4 is 5.82 Å². The second-order valence-electron chi connectivity index (χ2n) is 4.71. The minimum absolute atomic E-state index is 0.603. The topological polar surface area (TPSA) is 48.4 Å². The van der Waals surface area contributed by atoms with Crippen LogP contribution in [0.5, 0.6) is 0 Å². The summed E-state index contributed by atoms with van der Waals surface area (Å²) in [6.45, 7) is 1.57. The molecular formula is C12H19N3O. The Hall–Kier alpha value is -1.13. The summed E-state index contributed by atoms with van der Waals surface area (Å²) in [6, 6.07) is 3.96. The van der Waals surface area contributed by atoms with Gasteiger partial charge in [-0.15, -0.1) is 0 Å². The Morgan fingerprint density at radius 1 is 1.56 bits per heavy atom. The Morgan fingerprint density at radius 3 is 3.00 bits per heavy atom. The molecule has 1 unspecified atom stereocenters. The van der Waals surface area contributed by atoms with Crippen molar-refractivity contribution in [2.45, 2.75) is 18.4 Å². The molecule has 2 heterocycles. The number of hydrogen-bond donors (Lipinski definition) is 2. The third-order valence-electron chi connectivity index (χ3n) is 3.03. The lowest BCUT2D eigenvalue weighted by Gasteiger charge is -2.24. The third-order valence-corrected chi connectivity index (χ3v) is 3.03. The number of nitrogens with one attached hydrogen (secondary N) is 1. The summed E-state index contributed by atoms with van der Waals surface area (Å²) in [5.41, 5.74) is 0.507. The van der Waals surface area contributed by atoms with Gasteiger partial charge in [0.05, 0.1) is 5.60 Å². The zero-order chi connectivity index (χ0) is 11.6. The second kappa shape index (κ2) is 4.39. The van der Waals surface area contributed by atoms with E-state index in [-0.39, 0.29) is 0 Å². The zero-order valence-corrected chi connectivity index (χ0v) is 9.90. The van der Waals surface area contributed by atoms with E-state index in [2.05, 4.69) is 10.3 Å². The first-order valence-electron chi connectivity index (χ1n) is 5.65. The number of nitrogens with zero attached hydrogens (tertiary/aromatic N) is 2. The molecule has 1 fully saturated rings. The van der Waals surface area contributed by atoms with Gasteiger partial charge < -0.3 is 15.3 Å². The molecule has 16 heavy (non-hydrogen) atoms. The Bertz CT molecular complexity index is 359. The molecule has 1 aromatic heterocycles. The highest BCUT2D eigenvalue weighted by atomic mass is 16.3. The van der Waals surface area contributed by atoms with Gasteiger partial charge in [-0.2, -0.15) is 0 Å². The molecule has 2 rings (SSSR count). The number of anilines is 1. The molecule has 0 aliphatic carbocycles. The fraction of sp³-hybridized carbons (Fsp3) is 0.583. The molecule has 1 aliphatic rings. The van der Waals surface area contributed by atoms with Gasteiger partial charge in [0.15, 0.2) is 0 Å². The summed E-state index contributed by atoms with van der Waals surface area (Å²) < 4.78 is 0. The Kier molecular flexibility index (Phi) is 3.12. The SMILES string of the molecule is CN(C)c1ncccc1CC1(O)CCNC1. The van der Waals surface area contributed by atoms with Crippen molar-refractivity contribution in [3.05, 3.63) is 23.9 Å². The summed E-state index contributed by atoms with van der Waals surface area (Å²) in [7, 11) is 3.95. The monoisotopic (exact) mass is 221 g/mol. The molecule has 1 aromatic rings. The fourth-order valence-corrected chi connectivity index (χ4v) is 2.21. The molecule has 4 nitrogen and oxygen atoms in total. The van der Waals surface area contributed by atoms with Crippen LogP contribution < -0.4 is 10.2 Å². The second-order valence-corrected chi connectivity index (χ2v) is 4.71. The summed E-state index contributed by atoms with van der Waals surface area (Å²) >= 11 is 0. The number of pyridine rings is 1. The van der Waals surface area contributed by atoms with E-state index >= 15 is 0 Å². The summed E-state index contributed by atoms with van der Waals surface area (Å²) in [5.74, 6) is 0.947. The molecule has 2 N–H and O–H groups in total. The van der Waals surface area contributed by atoms with Gasteiger partial charge in [0.2, 0.25) is 0 Å². The average Bonchev–Trinajstić information content (AvgIpc) is 2.65. The van der Waals surface area contributed by atoms with Crippen molar-refractivity contribution in [3.63, 3.8) is 0 Å².